The van der Waals surface area contributed by atoms with Crippen LogP contribution in [0.5, 0.6) is 0 Å². The molecule has 0 unspecified atom stereocenters. The van der Waals surface area contributed by atoms with E-state index in [9.17, 15) is 13.2 Å². The van der Waals surface area contributed by atoms with Crippen LogP contribution in [-0.2, 0) is 24.5 Å². The Morgan fingerprint density at radius 3 is 2.16 bits per heavy atom. The van der Waals surface area contributed by atoms with Crippen LogP contribution >= 0.6 is 0 Å². The summed E-state index contributed by atoms with van der Waals surface area (Å²) in [5.74, 6) is -0.618. The van der Waals surface area contributed by atoms with Gasteiger partial charge < -0.3 is 24.6 Å². The van der Waals surface area contributed by atoms with Crippen molar-refractivity contribution in [3.63, 3.8) is 0 Å². The van der Waals surface area contributed by atoms with Crippen molar-refractivity contribution in [3.8, 4) is 0 Å². The first-order valence-corrected chi connectivity index (χ1v) is 13.5. The molecule has 0 bridgehead atoms. The molecule has 1 spiro atoms. The first-order chi connectivity index (χ1) is 15.4. The lowest BCUT2D eigenvalue weighted by Crippen LogP contribution is -2.53. The second-order valence-corrected chi connectivity index (χ2v) is 11.4. The van der Waals surface area contributed by atoms with Gasteiger partial charge >= 0.3 is 0 Å². The molecule has 11 heteroatoms. The van der Waals surface area contributed by atoms with Gasteiger partial charge in [0.25, 0.3) is 10.2 Å². The maximum atomic E-state index is 13.1. The molecule has 4 saturated heterocycles. The molecule has 0 aromatic carbocycles. The third-order valence-corrected chi connectivity index (χ3v) is 9.36. The standard InChI is InChI=1S/C21H39N5O5S/c1-23-13-15-24(16-14-23)8-2-7-22-20(27)19-3-9-25(10-4-19)32(28,29)26-11-5-21(6-12-26)30-17-18-31-21/h19H,2-18H2,1H3,(H,22,27). The van der Waals surface area contributed by atoms with Crippen LogP contribution in [0.25, 0.3) is 0 Å². The van der Waals surface area contributed by atoms with Crippen molar-refractivity contribution in [1.82, 2.24) is 23.7 Å². The fourth-order valence-electron chi connectivity index (χ4n) is 5.09. The topological polar surface area (TPSA) is 94.7 Å². The normalized spacial score (nSPS) is 27.2. The van der Waals surface area contributed by atoms with Crippen LogP contribution in [0.15, 0.2) is 0 Å². The van der Waals surface area contributed by atoms with Crippen LogP contribution in [-0.4, -0.2) is 124 Å². The van der Waals surface area contributed by atoms with E-state index in [4.69, 9.17) is 9.47 Å². The molecule has 0 saturated carbocycles. The fourth-order valence-corrected chi connectivity index (χ4v) is 6.73. The van der Waals surface area contributed by atoms with Crippen LogP contribution in [0, 0.1) is 5.92 Å². The number of rotatable bonds is 7. The molecule has 0 radical (unpaired) electrons. The lowest BCUT2D eigenvalue weighted by atomic mass is 9.97. The van der Waals surface area contributed by atoms with Gasteiger partial charge in [-0.3, -0.25) is 4.79 Å². The number of nitrogens with zero attached hydrogens (tertiary/aromatic N) is 4. The summed E-state index contributed by atoms with van der Waals surface area (Å²) in [4.78, 5) is 17.3. The van der Waals surface area contributed by atoms with Crippen molar-refractivity contribution >= 4 is 16.1 Å². The van der Waals surface area contributed by atoms with Crippen molar-refractivity contribution in [2.45, 2.75) is 37.9 Å². The molecule has 4 heterocycles. The lowest BCUT2D eigenvalue weighted by Gasteiger charge is -2.40. The Morgan fingerprint density at radius 1 is 0.938 bits per heavy atom. The number of amides is 1. The van der Waals surface area contributed by atoms with Gasteiger partial charge in [-0.1, -0.05) is 0 Å². The Bertz CT molecular complexity index is 719. The van der Waals surface area contributed by atoms with Crippen molar-refractivity contribution in [2.24, 2.45) is 5.92 Å². The molecule has 0 atom stereocenters. The zero-order valence-electron chi connectivity index (χ0n) is 19.3. The number of piperidine rings is 2. The molecule has 10 nitrogen and oxygen atoms in total. The largest absolute Gasteiger partial charge is 0.356 e. The number of piperazine rings is 1. The lowest BCUT2D eigenvalue weighted by molar-refractivity contribution is -0.179. The molecule has 32 heavy (non-hydrogen) atoms. The molecule has 4 aliphatic heterocycles. The zero-order chi connectivity index (χ0) is 22.6. The summed E-state index contributed by atoms with van der Waals surface area (Å²) in [5, 5.41) is 3.06. The summed E-state index contributed by atoms with van der Waals surface area (Å²) in [6, 6.07) is 0. The highest BCUT2D eigenvalue weighted by molar-refractivity contribution is 7.86. The fraction of sp³-hybridized carbons (Fsp3) is 0.952. The summed E-state index contributed by atoms with van der Waals surface area (Å²) < 4.78 is 40.6. The number of nitrogens with one attached hydrogen (secondary N) is 1. The molecule has 0 aromatic heterocycles. The minimum absolute atomic E-state index is 0.0656. The number of hydrogen-bond donors (Lipinski definition) is 1. The summed E-state index contributed by atoms with van der Waals surface area (Å²) >= 11 is 0. The molecule has 4 fully saturated rings. The molecule has 0 aromatic rings. The van der Waals surface area contributed by atoms with E-state index in [1.165, 1.54) is 0 Å². The highest BCUT2D eigenvalue weighted by atomic mass is 32.2. The van der Waals surface area contributed by atoms with Gasteiger partial charge in [0.1, 0.15) is 0 Å². The number of hydrogen-bond acceptors (Lipinski definition) is 7. The van der Waals surface area contributed by atoms with E-state index in [1.807, 2.05) is 0 Å². The number of ether oxygens (including phenoxy) is 2. The van der Waals surface area contributed by atoms with Crippen molar-refractivity contribution in [1.29, 1.82) is 0 Å². The minimum Gasteiger partial charge on any atom is -0.356 e. The van der Waals surface area contributed by atoms with Gasteiger partial charge in [0.05, 0.1) is 13.2 Å². The van der Waals surface area contributed by atoms with E-state index >= 15 is 0 Å². The summed E-state index contributed by atoms with van der Waals surface area (Å²) in [7, 11) is -1.35. The SMILES string of the molecule is CN1CCN(CCCNC(=O)C2CCN(S(=O)(=O)N3CCC4(CC3)OCCO4)CC2)CC1. The average molecular weight is 474 g/mol. The molecular formula is C21H39N5O5S. The predicted octanol–water partition coefficient (Wildman–Crippen LogP) is -0.464. The minimum atomic E-state index is -3.50. The van der Waals surface area contributed by atoms with E-state index in [0.717, 1.165) is 39.1 Å². The van der Waals surface area contributed by atoms with Crippen LogP contribution in [0.3, 0.4) is 0 Å². The van der Waals surface area contributed by atoms with Gasteiger partial charge in [-0.2, -0.15) is 17.0 Å². The second-order valence-electron chi connectivity index (χ2n) is 9.48. The number of carbonyl (C=O) groups excluding carboxylic acids is 1. The smallest absolute Gasteiger partial charge is 0.281 e. The zero-order valence-corrected chi connectivity index (χ0v) is 20.2. The summed E-state index contributed by atoms with van der Waals surface area (Å²) in [5.41, 5.74) is 0. The highest BCUT2D eigenvalue weighted by Gasteiger charge is 2.44. The van der Waals surface area contributed by atoms with Crippen molar-refractivity contribution < 1.29 is 22.7 Å². The Balaban J connectivity index is 1.14. The number of carbonyl (C=O) groups is 1. The summed E-state index contributed by atoms with van der Waals surface area (Å²) in [6.07, 6.45) is 3.24. The van der Waals surface area contributed by atoms with Gasteiger partial charge in [-0.15, -0.1) is 0 Å². The monoisotopic (exact) mass is 473 g/mol. The predicted molar refractivity (Wildman–Crippen MR) is 120 cm³/mol. The van der Waals surface area contributed by atoms with E-state index in [1.54, 1.807) is 8.61 Å². The molecule has 4 rings (SSSR count). The molecule has 1 amide bonds. The second kappa shape index (κ2) is 10.6. The Morgan fingerprint density at radius 2 is 1.53 bits per heavy atom. The van der Waals surface area contributed by atoms with Gasteiger partial charge in [0.15, 0.2) is 5.79 Å². The van der Waals surface area contributed by atoms with Crippen LogP contribution in [0.2, 0.25) is 0 Å². The number of likely N-dealkylation sites (N-methyl/N-ethyl adjacent to an activating group) is 1. The maximum Gasteiger partial charge on any atom is 0.281 e. The Kier molecular flexibility index (Phi) is 8.07. The molecule has 1 N–H and O–H groups in total. The Hall–Kier alpha value is -0.820. The van der Waals surface area contributed by atoms with Gasteiger partial charge in [-0.05, 0) is 32.9 Å². The molecule has 4 aliphatic rings. The summed E-state index contributed by atoms with van der Waals surface area (Å²) in [6.45, 7) is 8.88. The maximum absolute atomic E-state index is 13.1. The first-order valence-electron chi connectivity index (χ1n) is 12.1. The Labute approximate surface area is 192 Å². The molecule has 0 aliphatic carbocycles. The first kappa shape index (κ1) is 24.3. The average Bonchev–Trinajstić information content (AvgIpc) is 3.26. The van der Waals surface area contributed by atoms with Crippen LogP contribution in [0.4, 0.5) is 0 Å². The molecular weight excluding hydrogens is 434 g/mol. The van der Waals surface area contributed by atoms with Crippen LogP contribution < -0.4 is 5.32 Å². The van der Waals surface area contributed by atoms with Crippen molar-refractivity contribution in [2.75, 3.05) is 85.7 Å². The van der Waals surface area contributed by atoms with E-state index in [-0.39, 0.29) is 11.8 Å². The van der Waals surface area contributed by atoms with E-state index < -0.39 is 16.0 Å². The van der Waals surface area contributed by atoms with Gasteiger partial charge in [0.2, 0.25) is 5.91 Å². The third kappa shape index (κ3) is 5.81. The third-order valence-electron chi connectivity index (χ3n) is 7.32. The van der Waals surface area contributed by atoms with Gasteiger partial charge in [-0.25, -0.2) is 0 Å². The van der Waals surface area contributed by atoms with Crippen LogP contribution in [0.1, 0.15) is 32.1 Å². The quantitative estimate of drug-likeness (QED) is 0.500. The highest BCUT2D eigenvalue weighted by Crippen LogP contribution is 2.33. The van der Waals surface area contributed by atoms with E-state index in [2.05, 4.69) is 22.2 Å². The molecule has 184 valence electrons. The van der Waals surface area contributed by atoms with Gasteiger partial charge in [0, 0.05) is 77.7 Å². The van der Waals surface area contributed by atoms with E-state index in [0.29, 0.717) is 71.6 Å². The van der Waals surface area contributed by atoms with Crippen molar-refractivity contribution in [3.05, 3.63) is 0 Å².